The lowest BCUT2D eigenvalue weighted by Crippen LogP contribution is -2.30. The Balaban J connectivity index is 2.74. The topological polar surface area (TPSA) is 64.5 Å². The van der Waals surface area contributed by atoms with Gasteiger partial charge < -0.3 is 14.4 Å². The van der Waals surface area contributed by atoms with E-state index in [1.54, 1.807) is 13.4 Å². The first kappa shape index (κ1) is 16.4. The van der Waals surface area contributed by atoms with E-state index in [1.165, 1.54) is 7.11 Å². The Morgan fingerprint density at radius 2 is 2.10 bits per heavy atom. The van der Waals surface area contributed by atoms with Crippen LogP contribution in [0.4, 0.5) is 5.82 Å². The number of ether oxygens (including phenoxy) is 2. The molecular weight excluding hydrogens is 258 g/mol. The minimum atomic E-state index is -0.227. The lowest BCUT2D eigenvalue weighted by molar-refractivity contribution is -0.140. The van der Waals surface area contributed by atoms with E-state index in [0.717, 1.165) is 24.4 Å². The average Bonchev–Trinajstić information content (AvgIpc) is 2.47. The molecule has 0 saturated heterocycles. The zero-order valence-corrected chi connectivity index (χ0v) is 12.5. The summed E-state index contributed by atoms with van der Waals surface area (Å²) in [6.45, 7) is 3.92. The molecule has 0 amide bonds. The predicted molar refractivity (Wildman–Crippen MR) is 76.7 cm³/mol. The SMILES string of the molecule is CCCc1cc(N(CCOC)CCC(=O)OC)ncn1. The molecule has 20 heavy (non-hydrogen) atoms. The van der Waals surface area contributed by atoms with Gasteiger partial charge in [0.15, 0.2) is 0 Å². The lowest BCUT2D eigenvalue weighted by Gasteiger charge is -2.23. The van der Waals surface area contributed by atoms with Crippen LogP contribution < -0.4 is 4.90 Å². The van der Waals surface area contributed by atoms with Gasteiger partial charge >= 0.3 is 5.97 Å². The minimum Gasteiger partial charge on any atom is -0.469 e. The van der Waals surface area contributed by atoms with Gasteiger partial charge in [0.25, 0.3) is 0 Å². The molecule has 0 aliphatic heterocycles. The highest BCUT2D eigenvalue weighted by molar-refractivity contribution is 5.69. The maximum atomic E-state index is 11.3. The molecule has 6 nitrogen and oxygen atoms in total. The molecule has 1 rings (SSSR count). The molecule has 1 aromatic rings. The van der Waals surface area contributed by atoms with Crippen LogP contribution in [0.5, 0.6) is 0 Å². The molecule has 0 N–H and O–H groups in total. The van der Waals surface area contributed by atoms with Crippen LogP contribution in [0.2, 0.25) is 0 Å². The van der Waals surface area contributed by atoms with Crippen molar-refractivity contribution >= 4 is 11.8 Å². The van der Waals surface area contributed by atoms with Gasteiger partial charge in [-0.1, -0.05) is 13.3 Å². The summed E-state index contributed by atoms with van der Waals surface area (Å²) in [7, 11) is 3.05. The average molecular weight is 281 g/mol. The molecule has 0 spiro atoms. The number of nitrogens with zero attached hydrogens (tertiary/aromatic N) is 3. The number of hydrogen-bond donors (Lipinski definition) is 0. The molecule has 0 unspecified atom stereocenters. The van der Waals surface area contributed by atoms with Crippen molar-refractivity contribution in [1.29, 1.82) is 0 Å². The molecule has 0 atom stereocenters. The van der Waals surface area contributed by atoms with Crippen LogP contribution in [0, 0.1) is 0 Å². The summed E-state index contributed by atoms with van der Waals surface area (Å²) >= 11 is 0. The molecule has 1 heterocycles. The highest BCUT2D eigenvalue weighted by Gasteiger charge is 2.11. The van der Waals surface area contributed by atoms with Crippen molar-refractivity contribution in [2.24, 2.45) is 0 Å². The first-order valence-electron chi connectivity index (χ1n) is 6.82. The largest absolute Gasteiger partial charge is 0.469 e. The molecule has 0 bridgehead atoms. The molecule has 0 radical (unpaired) electrons. The van der Waals surface area contributed by atoms with Gasteiger partial charge in [0.05, 0.1) is 20.1 Å². The van der Waals surface area contributed by atoms with Gasteiger partial charge in [-0.25, -0.2) is 9.97 Å². The van der Waals surface area contributed by atoms with Crippen LogP contribution in [0.3, 0.4) is 0 Å². The van der Waals surface area contributed by atoms with Crippen molar-refractivity contribution in [3.63, 3.8) is 0 Å². The number of esters is 1. The van der Waals surface area contributed by atoms with E-state index in [-0.39, 0.29) is 5.97 Å². The van der Waals surface area contributed by atoms with Crippen molar-refractivity contribution < 1.29 is 14.3 Å². The molecule has 0 aliphatic carbocycles. The standard InChI is InChI=1S/C14H23N3O3/c1-4-5-12-10-13(16-11-15-12)17(8-9-19-2)7-6-14(18)20-3/h10-11H,4-9H2,1-3H3. The summed E-state index contributed by atoms with van der Waals surface area (Å²) < 4.78 is 9.78. The molecule has 112 valence electrons. The summed E-state index contributed by atoms with van der Waals surface area (Å²) in [5, 5.41) is 0. The first-order valence-corrected chi connectivity index (χ1v) is 6.82. The lowest BCUT2D eigenvalue weighted by atomic mass is 10.2. The van der Waals surface area contributed by atoms with E-state index in [0.29, 0.717) is 26.1 Å². The Morgan fingerprint density at radius 3 is 2.75 bits per heavy atom. The van der Waals surface area contributed by atoms with Gasteiger partial charge in [-0.15, -0.1) is 0 Å². The second kappa shape index (κ2) is 9.25. The fraction of sp³-hybridized carbons (Fsp3) is 0.643. The maximum absolute atomic E-state index is 11.3. The van der Waals surface area contributed by atoms with E-state index in [9.17, 15) is 4.79 Å². The van der Waals surface area contributed by atoms with Gasteiger partial charge in [0, 0.05) is 32.0 Å². The predicted octanol–water partition coefficient (Wildman–Crippen LogP) is 1.44. The number of carbonyl (C=O) groups is 1. The summed E-state index contributed by atoms with van der Waals surface area (Å²) in [5.74, 6) is 0.597. The van der Waals surface area contributed by atoms with Gasteiger partial charge in [0.2, 0.25) is 0 Å². The number of hydrogen-bond acceptors (Lipinski definition) is 6. The van der Waals surface area contributed by atoms with Crippen LogP contribution in [-0.2, 0) is 20.7 Å². The van der Waals surface area contributed by atoms with Crippen molar-refractivity contribution in [3.8, 4) is 0 Å². The molecule has 0 fully saturated rings. The van der Waals surface area contributed by atoms with E-state index in [2.05, 4.69) is 21.6 Å². The normalized spacial score (nSPS) is 10.3. The zero-order valence-electron chi connectivity index (χ0n) is 12.5. The molecule has 0 saturated carbocycles. The number of rotatable bonds is 9. The second-order valence-corrected chi connectivity index (χ2v) is 4.42. The van der Waals surface area contributed by atoms with Gasteiger partial charge in [-0.05, 0) is 6.42 Å². The Morgan fingerprint density at radius 1 is 1.30 bits per heavy atom. The van der Waals surface area contributed by atoms with Gasteiger partial charge in [-0.3, -0.25) is 4.79 Å². The Kier molecular flexibility index (Phi) is 7.57. The number of aromatic nitrogens is 2. The van der Waals surface area contributed by atoms with Crippen LogP contribution in [0.15, 0.2) is 12.4 Å². The van der Waals surface area contributed by atoms with E-state index in [4.69, 9.17) is 4.74 Å². The van der Waals surface area contributed by atoms with E-state index < -0.39 is 0 Å². The van der Waals surface area contributed by atoms with Crippen molar-refractivity contribution in [2.75, 3.05) is 38.8 Å². The van der Waals surface area contributed by atoms with E-state index in [1.807, 2.05) is 11.0 Å². The third-order valence-corrected chi connectivity index (χ3v) is 2.92. The number of anilines is 1. The molecule has 6 heteroatoms. The summed E-state index contributed by atoms with van der Waals surface area (Å²) in [4.78, 5) is 21.8. The number of carbonyl (C=O) groups excluding carboxylic acids is 1. The summed E-state index contributed by atoms with van der Waals surface area (Å²) in [6.07, 6.45) is 3.85. The fourth-order valence-corrected chi connectivity index (χ4v) is 1.82. The highest BCUT2D eigenvalue weighted by atomic mass is 16.5. The Labute approximate surface area is 120 Å². The number of methoxy groups -OCH3 is 2. The molecule has 1 aromatic heterocycles. The minimum absolute atomic E-state index is 0.227. The summed E-state index contributed by atoms with van der Waals surface area (Å²) in [6, 6.07) is 1.97. The third kappa shape index (κ3) is 5.52. The maximum Gasteiger partial charge on any atom is 0.307 e. The van der Waals surface area contributed by atoms with Gasteiger partial charge in [0.1, 0.15) is 12.1 Å². The molecular formula is C14H23N3O3. The van der Waals surface area contributed by atoms with E-state index >= 15 is 0 Å². The van der Waals surface area contributed by atoms with Crippen LogP contribution in [-0.4, -0.2) is 49.9 Å². The van der Waals surface area contributed by atoms with Crippen LogP contribution in [0.1, 0.15) is 25.5 Å². The van der Waals surface area contributed by atoms with Crippen LogP contribution in [0.25, 0.3) is 0 Å². The van der Waals surface area contributed by atoms with Crippen molar-refractivity contribution in [1.82, 2.24) is 9.97 Å². The molecule has 0 aromatic carbocycles. The van der Waals surface area contributed by atoms with Crippen LogP contribution >= 0.6 is 0 Å². The quantitative estimate of drug-likeness (QED) is 0.638. The first-order chi connectivity index (χ1) is 9.71. The smallest absolute Gasteiger partial charge is 0.307 e. The van der Waals surface area contributed by atoms with Crippen molar-refractivity contribution in [3.05, 3.63) is 18.1 Å². The zero-order chi connectivity index (χ0) is 14.8. The third-order valence-electron chi connectivity index (χ3n) is 2.92. The molecule has 0 aliphatic rings. The summed E-state index contributed by atoms with van der Waals surface area (Å²) in [5.41, 5.74) is 1.01. The Bertz CT molecular complexity index is 412. The number of aryl methyl sites for hydroxylation is 1. The Hall–Kier alpha value is -1.69. The highest BCUT2D eigenvalue weighted by Crippen LogP contribution is 2.12. The second-order valence-electron chi connectivity index (χ2n) is 4.42. The van der Waals surface area contributed by atoms with Crippen molar-refractivity contribution in [2.45, 2.75) is 26.2 Å². The monoisotopic (exact) mass is 281 g/mol. The van der Waals surface area contributed by atoms with Gasteiger partial charge in [-0.2, -0.15) is 0 Å². The fourth-order valence-electron chi connectivity index (χ4n) is 1.82.